The summed E-state index contributed by atoms with van der Waals surface area (Å²) in [6.45, 7) is 15.3. The van der Waals surface area contributed by atoms with E-state index >= 15 is 0 Å². The lowest BCUT2D eigenvalue weighted by molar-refractivity contribution is -0.678. The molecule has 0 aliphatic carbocycles. The van der Waals surface area contributed by atoms with Crippen LogP contribution in [0.25, 0.3) is 0 Å². The van der Waals surface area contributed by atoms with Crippen molar-refractivity contribution >= 4 is 7.14 Å². The summed E-state index contributed by atoms with van der Waals surface area (Å²) in [5.41, 5.74) is 3.22. The molecule has 33 heavy (non-hydrogen) atoms. The van der Waals surface area contributed by atoms with Crippen molar-refractivity contribution in [1.29, 1.82) is 0 Å². The van der Waals surface area contributed by atoms with Crippen molar-refractivity contribution in [3.63, 3.8) is 0 Å². The Labute approximate surface area is 201 Å². The summed E-state index contributed by atoms with van der Waals surface area (Å²) in [5, 5.41) is 0. The SMILES string of the molecule is CC(C)(C)C.CC(C)(C)n1cc[n+](CP2(=O)[C@H](c3ccccc3)CC[C@H]2c2ccccc2)c1. The Morgan fingerprint density at radius 3 is 1.61 bits per heavy atom. The quantitative estimate of drug-likeness (QED) is 0.282. The molecule has 1 aromatic heterocycles. The van der Waals surface area contributed by atoms with Gasteiger partial charge in [-0.2, -0.15) is 0 Å². The molecule has 4 rings (SSSR count). The van der Waals surface area contributed by atoms with Gasteiger partial charge in [-0.1, -0.05) is 88.4 Å². The Morgan fingerprint density at radius 1 is 0.818 bits per heavy atom. The zero-order valence-corrected chi connectivity index (χ0v) is 22.4. The smallest absolute Gasteiger partial charge is 0.244 e. The molecule has 1 aliphatic rings. The summed E-state index contributed by atoms with van der Waals surface area (Å²) in [6.07, 6.45) is 8.85. The molecule has 2 atom stereocenters. The van der Waals surface area contributed by atoms with E-state index in [4.69, 9.17) is 0 Å². The normalized spacial score (nSPS) is 20.2. The van der Waals surface area contributed by atoms with Crippen molar-refractivity contribution in [3.8, 4) is 0 Å². The van der Waals surface area contributed by atoms with Crippen LogP contribution in [0.2, 0.25) is 0 Å². The molecule has 0 N–H and O–H groups in total. The first kappa shape index (κ1) is 25.5. The highest BCUT2D eigenvalue weighted by molar-refractivity contribution is 7.63. The summed E-state index contributed by atoms with van der Waals surface area (Å²) in [6, 6.07) is 20.9. The second-order valence-corrected chi connectivity index (χ2v) is 15.2. The molecule has 3 nitrogen and oxygen atoms in total. The summed E-state index contributed by atoms with van der Waals surface area (Å²) < 4.78 is 19.0. The standard InChI is InChI=1S/C24H30N2OP.C5H12/c1-24(2,3)26-17-16-25(18-26)19-28(27)22(20-10-6-4-7-11-20)14-15-23(28)21-12-8-5-9-13-21;1-5(2,3)4/h4-13,16-18,22-23H,14-15,19H2,1-3H3;1-4H3/q+1;/t22-,23-;/m0./s1. The molecule has 1 saturated heterocycles. The highest BCUT2D eigenvalue weighted by atomic mass is 31.2. The molecule has 0 amide bonds. The van der Waals surface area contributed by atoms with Crippen molar-refractivity contribution in [2.24, 2.45) is 5.41 Å². The lowest BCUT2D eigenvalue weighted by Crippen LogP contribution is -2.33. The van der Waals surface area contributed by atoms with Crippen LogP contribution >= 0.6 is 7.14 Å². The predicted octanol–water partition coefficient (Wildman–Crippen LogP) is 8.18. The van der Waals surface area contributed by atoms with Crippen LogP contribution in [0.1, 0.15) is 83.8 Å². The first-order valence-corrected chi connectivity index (χ1v) is 14.2. The van der Waals surface area contributed by atoms with Gasteiger partial charge in [0.2, 0.25) is 6.33 Å². The molecule has 3 aromatic rings. The van der Waals surface area contributed by atoms with Gasteiger partial charge in [-0.3, -0.25) is 0 Å². The Balaban J connectivity index is 0.000000555. The first-order valence-electron chi connectivity index (χ1n) is 12.1. The molecule has 178 valence electrons. The molecule has 2 heterocycles. The minimum Gasteiger partial charge on any atom is -0.318 e. The fourth-order valence-corrected chi connectivity index (χ4v) is 8.52. The average Bonchev–Trinajstić information content (AvgIpc) is 3.32. The maximum Gasteiger partial charge on any atom is 0.244 e. The Morgan fingerprint density at radius 2 is 1.24 bits per heavy atom. The van der Waals surface area contributed by atoms with Gasteiger partial charge in [0.25, 0.3) is 0 Å². The van der Waals surface area contributed by atoms with Crippen LogP contribution in [0.5, 0.6) is 0 Å². The van der Waals surface area contributed by atoms with Gasteiger partial charge in [-0.15, -0.1) is 0 Å². The van der Waals surface area contributed by atoms with Gasteiger partial charge in [-0.25, -0.2) is 9.13 Å². The molecule has 0 saturated carbocycles. The van der Waals surface area contributed by atoms with E-state index in [0.29, 0.717) is 11.7 Å². The van der Waals surface area contributed by atoms with E-state index < -0.39 is 7.14 Å². The maximum absolute atomic E-state index is 14.7. The molecule has 1 aliphatic heterocycles. The van der Waals surface area contributed by atoms with Crippen molar-refractivity contribution in [3.05, 3.63) is 90.5 Å². The third-order valence-corrected chi connectivity index (χ3v) is 9.98. The van der Waals surface area contributed by atoms with Crippen molar-refractivity contribution in [2.45, 2.75) is 84.5 Å². The van der Waals surface area contributed by atoms with Crippen LogP contribution in [0.15, 0.2) is 79.4 Å². The molecular formula is C29H42N2OP+. The minimum atomic E-state index is -2.55. The van der Waals surface area contributed by atoms with Crippen LogP contribution in [0.3, 0.4) is 0 Å². The summed E-state index contributed by atoms with van der Waals surface area (Å²) in [4.78, 5) is 0. The van der Waals surface area contributed by atoms with Gasteiger partial charge in [0.15, 0.2) is 0 Å². The Hall–Kier alpha value is -2.12. The number of nitrogens with zero attached hydrogens (tertiary/aromatic N) is 2. The third kappa shape index (κ3) is 6.70. The van der Waals surface area contributed by atoms with E-state index in [1.807, 2.05) is 12.1 Å². The average molecular weight is 466 g/mol. The molecule has 1 fully saturated rings. The zero-order valence-electron chi connectivity index (χ0n) is 21.5. The van der Waals surface area contributed by atoms with Crippen molar-refractivity contribution < 1.29 is 9.13 Å². The molecule has 2 aromatic carbocycles. The van der Waals surface area contributed by atoms with E-state index in [9.17, 15) is 4.57 Å². The summed E-state index contributed by atoms with van der Waals surface area (Å²) in [7, 11) is -2.55. The van der Waals surface area contributed by atoms with E-state index in [2.05, 4.69) is 125 Å². The topological polar surface area (TPSA) is 25.9 Å². The first-order chi connectivity index (χ1) is 15.4. The highest BCUT2D eigenvalue weighted by Gasteiger charge is 2.48. The Bertz CT molecular complexity index is 1000. The molecule has 0 unspecified atom stereocenters. The highest BCUT2D eigenvalue weighted by Crippen LogP contribution is 2.76. The number of hydrogen-bond acceptors (Lipinski definition) is 1. The third-order valence-electron chi connectivity index (χ3n) is 5.99. The van der Waals surface area contributed by atoms with Gasteiger partial charge >= 0.3 is 0 Å². The predicted molar refractivity (Wildman–Crippen MR) is 140 cm³/mol. The van der Waals surface area contributed by atoms with Gasteiger partial charge in [0.1, 0.15) is 31.4 Å². The summed E-state index contributed by atoms with van der Waals surface area (Å²) >= 11 is 0. The fraction of sp³-hybridized carbons (Fsp3) is 0.483. The number of rotatable bonds is 4. The second-order valence-electron chi connectivity index (χ2n) is 11.9. The van der Waals surface area contributed by atoms with E-state index in [-0.39, 0.29) is 16.9 Å². The molecule has 0 radical (unpaired) electrons. The molecule has 4 heteroatoms. The zero-order chi connectivity index (χ0) is 24.3. The maximum atomic E-state index is 14.7. The fourth-order valence-electron chi connectivity index (χ4n) is 4.49. The molecule has 0 bridgehead atoms. The lowest BCUT2D eigenvalue weighted by Gasteiger charge is -2.25. The van der Waals surface area contributed by atoms with Crippen LogP contribution in [-0.2, 0) is 16.4 Å². The number of imidazole rings is 1. The van der Waals surface area contributed by atoms with Gasteiger partial charge in [0, 0.05) is 11.3 Å². The molecular weight excluding hydrogens is 423 g/mol. The largest absolute Gasteiger partial charge is 0.318 e. The monoisotopic (exact) mass is 465 g/mol. The molecule has 0 spiro atoms. The Kier molecular flexibility index (Phi) is 7.74. The number of benzene rings is 2. The van der Waals surface area contributed by atoms with Gasteiger partial charge in [0.05, 0.1) is 0 Å². The van der Waals surface area contributed by atoms with Crippen LogP contribution < -0.4 is 4.57 Å². The van der Waals surface area contributed by atoms with Gasteiger partial charge < -0.3 is 4.57 Å². The van der Waals surface area contributed by atoms with E-state index in [1.165, 1.54) is 11.1 Å². The van der Waals surface area contributed by atoms with Crippen molar-refractivity contribution in [2.75, 3.05) is 0 Å². The van der Waals surface area contributed by atoms with Crippen LogP contribution in [-0.4, -0.2) is 4.57 Å². The van der Waals surface area contributed by atoms with Crippen LogP contribution in [0.4, 0.5) is 0 Å². The van der Waals surface area contributed by atoms with Crippen molar-refractivity contribution in [1.82, 2.24) is 4.57 Å². The minimum absolute atomic E-state index is 0.0209. The van der Waals surface area contributed by atoms with Gasteiger partial charge in [-0.05, 0) is 50.2 Å². The number of hydrogen-bond donors (Lipinski definition) is 0. The second kappa shape index (κ2) is 10.0. The summed E-state index contributed by atoms with van der Waals surface area (Å²) in [5.74, 6) is 0. The lowest BCUT2D eigenvalue weighted by atomic mass is 10.0. The van der Waals surface area contributed by atoms with E-state index in [0.717, 1.165) is 12.8 Å². The van der Waals surface area contributed by atoms with E-state index in [1.54, 1.807) is 0 Å². The van der Waals surface area contributed by atoms with Crippen LogP contribution in [0, 0.1) is 5.41 Å². The number of aromatic nitrogens is 2.